The molecule has 0 amide bonds. The van der Waals surface area contributed by atoms with E-state index in [2.05, 4.69) is 63.3 Å². The second-order valence-electron chi connectivity index (χ2n) is 5.25. The van der Waals surface area contributed by atoms with Crippen molar-refractivity contribution < 1.29 is 0 Å². The highest BCUT2D eigenvalue weighted by Gasteiger charge is 2.09. The van der Waals surface area contributed by atoms with E-state index in [0.717, 1.165) is 26.9 Å². The van der Waals surface area contributed by atoms with Gasteiger partial charge in [-0.05, 0) is 45.6 Å². The molecule has 1 aromatic carbocycles. The van der Waals surface area contributed by atoms with Gasteiger partial charge in [0.15, 0.2) is 0 Å². The fourth-order valence-electron chi connectivity index (χ4n) is 2.37. The molecular weight excluding hydrogens is 326 g/mol. The zero-order chi connectivity index (χ0) is 14.8. The molecule has 106 valence electrons. The van der Waals surface area contributed by atoms with Crippen LogP contribution in [0.5, 0.6) is 0 Å². The van der Waals surface area contributed by atoms with E-state index >= 15 is 0 Å². The van der Waals surface area contributed by atoms with Crippen LogP contribution < -0.4 is 5.32 Å². The Morgan fingerprint density at radius 2 is 1.86 bits per heavy atom. The zero-order valence-electron chi connectivity index (χ0n) is 12.0. The summed E-state index contributed by atoms with van der Waals surface area (Å²) in [6.07, 6.45) is 3.60. The average molecular weight is 342 g/mol. The van der Waals surface area contributed by atoms with Crippen LogP contribution in [0.2, 0.25) is 0 Å². The quantitative estimate of drug-likeness (QED) is 0.706. The van der Waals surface area contributed by atoms with Crippen molar-refractivity contribution in [1.29, 1.82) is 0 Å². The van der Waals surface area contributed by atoms with Gasteiger partial charge in [-0.1, -0.05) is 32.0 Å². The molecule has 0 bridgehead atoms. The molecular formula is C17H16BrN3. The number of halogens is 1. The fourth-order valence-corrected chi connectivity index (χ4v) is 2.69. The maximum atomic E-state index is 4.48. The highest BCUT2D eigenvalue weighted by atomic mass is 79.9. The molecule has 1 N–H and O–H groups in total. The molecule has 3 nitrogen and oxygen atoms in total. The van der Waals surface area contributed by atoms with Crippen molar-refractivity contribution in [3.63, 3.8) is 0 Å². The smallest absolute Gasteiger partial charge is 0.112 e. The molecule has 4 heteroatoms. The van der Waals surface area contributed by atoms with Crippen molar-refractivity contribution in [1.82, 2.24) is 9.97 Å². The zero-order valence-corrected chi connectivity index (χ0v) is 13.6. The number of hydrogen-bond donors (Lipinski definition) is 1. The summed E-state index contributed by atoms with van der Waals surface area (Å²) in [5, 5.41) is 3.50. The number of benzene rings is 1. The van der Waals surface area contributed by atoms with Crippen molar-refractivity contribution in [2.75, 3.05) is 5.32 Å². The third-order valence-electron chi connectivity index (χ3n) is 3.40. The standard InChI is InChI=1S/C17H16BrN3/c1-11(2)13-5-3-4-6-14(13)21-15-7-8-19-16-9-12(18)10-20-17(15)16/h3-11H,1-2H3,(H,19,21). The van der Waals surface area contributed by atoms with E-state index in [1.54, 1.807) is 12.4 Å². The molecule has 0 aliphatic carbocycles. The van der Waals surface area contributed by atoms with Gasteiger partial charge in [-0.25, -0.2) is 0 Å². The number of nitrogens with zero attached hydrogens (tertiary/aromatic N) is 2. The summed E-state index contributed by atoms with van der Waals surface area (Å²) < 4.78 is 0.933. The lowest BCUT2D eigenvalue weighted by Gasteiger charge is -2.15. The van der Waals surface area contributed by atoms with Gasteiger partial charge in [0.05, 0.1) is 11.2 Å². The Hall–Kier alpha value is -1.94. The second-order valence-corrected chi connectivity index (χ2v) is 6.16. The highest BCUT2D eigenvalue weighted by molar-refractivity contribution is 9.10. The number of rotatable bonds is 3. The lowest BCUT2D eigenvalue weighted by Crippen LogP contribution is -1.99. The third-order valence-corrected chi connectivity index (χ3v) is 3.83. The summed E-state index contributed by atoms with van der Waals surface area (Å²) in [4.78, 5) is 8.85. The summed E-state index contributed by atoms with van der Waals surface area (Å²) in [5.74, 6) is 0.462. The molecule has 0 spiro atoms. The van der Waals surface area contributed by atoms with Crippen molar-refractivity contribution in [3.05, 3.63) is 58.8 Å². The SMILES string of the molecule is CC(C)c1ccccc1Nc1ccnc2cc(Br)cnc12. The number of fused-ring (bicyclic) bond motifs is 1. The largest absolute Gasteiger partial charge is 0.353 e. The minimum absolute atomic E-state index is 0.462. The first-order valence-corrected chi connectivity index (χ1v) is 7.70. The summed E-state index contributed by atoms with van der Waals surface area (Å²) in [6.45, 7) is 4.39. The van der Waals surface area contributed by atoms with Gasteiger partial charge in [-0.3, -0.25) is 9.97 Å². The molecule has 0 radical (unpaired) electrons. The Bertz CT molecular complexity index is 784. The van der Waals surface area contributed by atoms with Crippen LogP contribution in [0, 0.1) is 0 Å². The van der Waals surface area contributed by atoms with Crippen molar-refractivity contribution >= 4 is 38.3 Å². The first-order valence-electron chi connectivity index (χ1n) is 6.91. The molecule has 0 atom stereocenters. The Morgan fingerprint density at radius 3 is 2.67 bits per heavy atom. The minimum Gasteiger partial charge on any atom is -0.353 e. The fraction of sp³-hybridized carbons (Fsp3) is 0.176. The molecule has 0 saturated carbocycles. The molecule has 0 fully saturated rings. The van der Waals surface area contributed by atoms with E-state index in [0.29, 0.717) is 5.92 Å². The van der Waals surface area contributed by atoms with Crippen LogP contribution in [0.1, 0.15) is 25.3 Å². The number of pyridine rings is 2. The normalized spacial score (nSPS) is 11.0. The predicted molar refractivity (Wildman–Crippen MR) is 91.1 cm³/mol. The van der Waals surface area contributed by atoms with Gasteiger partial charge in [0, 0.05) is 22.6 Å². The van der Waals surface area contributed by atoms with Crippen LogP contribution in [0.4, 0.5) is 11.4 Å². The van der Waals surface area contributed by atoms with Crippen LogP contribution in [0.3, 0.4) is 0 Å². The van der Waals surface area contributed by atoms with E-state index in [-0.39, 0.29) is 0 Å². The maximum absolute atomic E-state index is 4.48. The van der Waals surface area contributed by atoms with Gasteiger partial charge >= 0.3 is 0 Å². The van der Waals surface area contributed by atoms with Gasteiger partial charge in [-0.15, -0.1) is 0 Å². The first-order chi connectivity index (χ1) is 10.1. The number of nitrogens with one attached hydrogen (secondary N) is 1. The molecule has 3 rings (SSSR count). The summed E-state index contributed by atoms with van der Waals surface area (Å²) in [5.41, 5.74) is 5.13. The van der Waals surface area contributed by atoms with Crippen molar-refractivity contribution in [3.8, 4) is 0 Å². The number of anilines is 2. The minimum atomic E-state index is 0.462. The van der Waals surface area contributed by atoms with Crippen molar-refractivity contribution in [2.45, 2.75) is 19.8 Å². The number of para-hydroxylation sites is 1. The van der Waals surface area contributed by atoms with Gasteiger partial charge in [0.25, 0.3) is 0 Å². The molecule has 3 aromatic rings. The average Bonchev–Trinajstić information content (AvgIpc) is 2.47. The molecule has 21 heavy (non-hydrogen) atoms. The van der Waals surface area contributed by atoms with Crippen LogP contribution in [0.25, 0.3) is 11.0 Å². The summed E-state index contributed by atoms with van der Waals surface area (Å²) in [7, 11) is 0. The Kier molecular flexibility index (Phi) is 3.88. The Balaban J connectivity index is 2.07. The van der Waals surface area contributed by atoms with Crippen molar-refractivity contribution in [2.24, 2.45) is 0 Å². The van der Waals surface area contributed by atoms with Gasteiger partial charge in [-0.2, -0.15) is 0 Å². The van der Waals surface area contributed by atoms with E-state index in [1.807, 2.05) is 18.2 Å². The molecule has 2 heterocycles. The second kappa shape index (κ2) is 5.82. The van der Waals surface area contributed by atoms with E-state index in [9.17, 15) is 0 Å². The molecule has 2 aromatic heterocycles. The Labute approximate surface area is 132 Å². The van der Waals surface area contributed by atoms with Gasteiger partial charge in [0.1, 0.15) is 5.52 Å². The maximum Gasteiger partial charge on any atom is 0.112 e. The molecule has 0 aliphatic rings. The Morgan fingerprint density at radius 1 is 1.05 bits per heavy atom. The molecule has 0 saturated heterocycles. The van der Waals surface area contributed by atoms with Crippen LogP contribution in [0.15, 0.2) is 53.3 Å². The van der Waals surface area contributed by atoms with E-state index in [1.165, 1.54) is 5.56 Å². The topological polar surface area (TPSA) is 37.8 Å². The van der Waals surface area contributed by atoms with E-state index < -0.39 is 0 Å². The first kappa shape index (κ1) is 14.0. The molecule has 0 unspecified atom stereocenters. The monoisotopic (exact) mass is 341 g/mol. The number of hydrogen-bond acceptors (Lipinski definition) is 3. The van der Waals surface area contributed by atoms with Crippen LogP contribution >= 0.6 is 15.9 Å². The highest BCUT2D eigenvalue weighted by Crippen LogP contribution is 2.29. The number of aromatic nitrogens is 2. The van der Waals surface area contributed by atoms with Gasteiger partial charge in [0.2, 0.25) is 0 Å². The van der Waals surface area contributed by atoms with Crippen LogP contribution in [-0.4, -0.2) is 9.97 Å². The lowest BCUT2D eigenvalue weighted by atomic mass is 10.0. The predicted octanol–water partition coefficient (Wildman–Crippen LogP) is 5.26. The summed E-state index contributed by atoms with van der Waals surface area (Å²) in [6, 6.07) is 12.3. The third kappa shape index (κ3) is 2.90. The van der Waals surface area contributed by atoms with Crippen LogP contribution in [-0.2, 0) is 0 Å². The van der Waals surface area contributed by atoms with E-state index in [4.69, 9.17) is 0 Å². The van der Waals surface area contributed by atoms with Gasteiger partial charge < -0.3 is 5.32 Å². The summed E-state index contributed by atoms with van der Waals surface area (Å²) >= 11 is 3.43. The molecule has 0 aliphatic heterocycles. The lowest BCUT2D eigenvalue weighted by molar-refractivity contribution is 0.869.